The molecular weight excluding hydrogens is 241 g/mol. The molecule has 0 radical (unpaired) electrons. The molecule has 0 saturated heterocycles. The van der Waals surface area contributed by atoms with Gasteiger partial charge in [-0.25, -0.2) is 0 Å². The van der Waals surface area contributed by atoms with E-state index >= 15 is 0 Å². The van der Waals surface area contributed by atoms with E-state index in [9.17, 15) is 13.2 Å². The third-order valence-corrected chi connectivity index (χ3v) is 3.26. The lowest BCUT2D eigenvalue weighted by Crippen LogP contribution is -2.35. The molecule has 0 bridgehead atoms. The first kappa shape index (κ1) is 12.8. The number of rotatable bonds is 1. The molecule has 0 N–H and O–H groups in total. The van der Waals surface area contributed by atoms with Crippen molar-refractivity contribution >= 4 is 5.69 Å². The SMILES string of the molecule is Cc1cccc(C(F)(F)F)c1N1C=CN(C)[C@H]1C. The Bertz CT molecular complexity index is 480. The molecule has 1 aliphatic heterocycles. The number of benzene rings is 1. The summed E-state index contributed by atoms with van der Waals surface area (Å²) in [5.41, 5.74) is 0.268. The summed E-state index contributed by atoms with van der Waals surface area (Å²) >= 11 is 0. The second kappa shape index (κ2) is 4.23. The molecule has 0 aliphatic carbocycles. The van der Waals surface area contributed by atoms with E-state index in [1.807, 2.05) is 18.9 Å². The molecule has 1 atom stereocenters. The maximum absolute atomic E-state index is 13.0. The first-order valence-corrected chi connectivity index (χ1v) is 5.68. The summed E-state index contributed by atoms with van der Waals surface area (Å²) in [6, 6.07) is 4.26. The van der Waals surface area contributed by atoms with Crippen molar-refractivity contribution in [2.45, 2.75) is 26.2 Å². The molecule has 1 heterocycles. The van der Waals surface area contributed by atoms with Crippen LogP contribution >= 0.6 is 0 Å². The molecule has 0 fully saturated rings. The van der Waals surface area contributed by atoms with E-state index in [1.165, 1.54) is 6.07 Å². The molecule has 5 heteroatoms. The molecular formula is C13H15F3N2. The molecule has 1 aliphatic rings. The Balaban J connectivity index is 2.54. The summed E-state index contributed by atoms with van der Waals surface area (Å²) in [6.07, 6.45) is -0.998. The van der Waals surface area contributed by atoms with Gasteiger partial charge in [-0.05, 0) is 25.5 Å². The summed E-state index contributed by atoms with van der Waals surface area (Å²) in [5, 5.41) is 0. The fraction of sp³-hybridized carbons (Fsp3) is 0.385. The van der Waals surface area contributed by atoms with Gasteiger partial charge in [0.2, 0.25) is 0 Å². The highest BCUT2D eigenvalue weighted by molar-refractivity contribution is 5.63. The van der Waals surface area contributed by atoms with E-state index in [0.717, 1.165) is 6.07 Å². The van der Waals surface area contributed by atoms with Gasteiger partial charge >= 0.3 is 6.18 Å². The molecule has 0 saturated carbocycles. The summed E-state index contributed by atoms with van der Waals surface area (Å²) in [6.45, 7) is 3.57. The van der Waals surface area contributed by atoms with E-state index in [-0.39, 0.29) is 11.9 Å². The van der Waals surface area contributed by atoms with E-state index in [0.29, 0.717) is 5.56 Å². The first-order valence-electron chi connectivity index (χ1n) is 5.68. The van der Waals surface area contributed by atoms with Gasteiger partial charge in [-0.1, -0.05) is 12.1 Å². The number of para-hydroxylation sites is 1. The number of aryl methyl sites for hydroxylation is 1. The minimum Gasteiger partial charge on any atom is -0.359 e. The third-order valence-electron chi connectivity index (χ3n) is 3.26. The minimum atomic E-state index is -4.34. The van der Waals surface area contributed by atoms with Gasteiger partial charge in [-0.15, -0.1) is 0 Å². The molecule has 18 heavy (non-hydrogen) atoms. The van der Waals surface area contributed by atoms with E-state index in [4.69, 9.17) is 0 Å². The van der Waals surface area contributed by atoms with Crippen molar-refractivity contribution in [1.82, 2.24) is 4.90 Å². The zero-order chi connectivity index (χ0) is 13.5. The van der Waals surface area contributed by atoms with Crippen LogP contribution in [-0.4, -0.2) is 18.1 Å². The second-order valence-electron chi connectivity index (χ2n) is 4.47. The van der Waals surface area contributed by atoms with Crippen LogP contribution in [0, 0.1) is 6.92 Å². The summed E-state index contributed by atoms with van der Waals surface area (Å²) in [4.78, 5) is 3.52. The fourth-order valence-electron chi connectivity index (χ4n) is 2.11. The van der Waals surface area contributed by atoms with Crippen LogP contribution in [0.4, 0.5) is 18.9 Å². The normalized spacial score (nSPS) is 19.8. The van der Waals surface area contributed by atoms with E-state index in [1.54, 1.807) is 30.3 Å². The number of nitrogens with zero attached hydrogens (tertiary/aromatic N) is 2. The van der Waals surface area contributed by atoms with Crippen LogP contribution in [0.1, 0.15) is 18.1 Å². The van der Waals surface area contributed by atoms with Crippen LogP contribution in [0.5, 0.6) is 0 Å². The third kappa shape index (κ3) is 2.05. The van der Waals surface area contributed by atoms with Crippen LogP contribution in [0.2, 0.25) is 0 Å². The number of hydrogen-bond donors (Lipinski definition) is 0. The molecule has 2 rings (SSSR count). The zero-order valence-corrected chi connectivity index (χ0v) is 10.5. The highest BCUT2D eigenvalue weighted by Gasteiger charge is 2.37. The van der Waals surface area contributed by atoms with Gasteiger partial charge in [0.05, 0.1) is 11.3 Å². The summed E-state index contributed by atoms with van der Waals surface area (Å²) in [5.74, 6) is 0. The Morgan fingerprint density at radius 1 is 1.17 bits per heavy atom. The Morgan fingerprint density at radius 3 is 2.33 bits per heavy atom. The Hall–Kier alpha value is -1.65. The van der Waals surface area contributed by atoms with E-state index in [2.05, 4.69) is 0 Å². The van der Waals surface area contributed by atoms with Gasteiger partial charge < -0.3 is 9.80 Å². The summed E-state index contributed by atoms with van der Waals surface area (Å²) in [7, 11) is 1.84. The van der Waals surface area contributed by atoms with Crippen molar-refractivity contribution in [3.63, 3.8) is 0 Å². The zero-order valence-electron chi connectivity index (χ0n) is 10.5. The highest BCUT2D eigenvalue weighted by atomic mass is 19.4. The average molecular weight is 256 g/mol. The van der Waals surface area contributed by atoms with Crippen molar-refractivity contribution in [1.29, 1.82) is 0 Å². The van der Waals surface area contributed by atoms with Crippen LogP contribution in [-0.2, 0) is 6.18 Å². The lowest BCUT2D eigenvalue weighted by atomic mass is 10.1. The lowest BCUT2D eigenvalue weighted by Gasteiger charge is -2.30. The summed E-state index contributed by atoms with van der Waals surface area (Å²) < 4.78 is 39.1. The fourth-order valence-corrected chi connectivity index (χ4v) is 2.11. The highest BCUT2D eigenvalue weighted by Crippen LogP contribution is 2.40. The molecule has 0 unspecified atom stereocenters. The van der Waals surface area contributed by atoms with Gasteiger partial charge in [0, 0.05) is 19.4 Å². The van der Waals surface area contributed by atoms with Crippen LogP contribution in [0.3, 0.4) is 0 Å². The Morgan fingerprint density at radius 2 is 1.83 bits per heavy atom. The van der Waals surface area contributed by atoms with Crippen molar-refractivity contribution in [3.8, 4) is 0 Å². The van der Waals surface area contributed by atoms with Crippen molar-refractivity contribution in [2.75, 3.05) is 11.9 Å². The van der Waals surface area contributed by atoms with Gasteiger partial charge in [0.1, 0.15) is 6.17 Å². The maximum Gasteiger partial charge on any atom is 0.418 e. The van der Waals surface area contributed by atoms with Crippen LogP contribution in [0.15, 0.2) is 30.6 Å². The van der Waals surface area contributed by atoms with Crippen molar-refractivity contribution in [2.24, 2.45) is 0 Å². The number of anilines is 1. The molecule has 1 aromatic carbocycles. The first-order chi connectivity index (χ1) is 8.32. The molecule has 1 aromatic rings. The van der Waals surface area contributed by atoms with Crippen LogP contribution < -0.4 is 4.90 Å². The van der Waals surface area contributed by atoms with Crippen molar-refractivity contribution in [3.05, 3.63) is 41.7 Å². The standard InChI is InChI=1S/C13H15F3N2/c1-9-5-4-6-11(13(14,15)16)12(9)18-8-7-17(3)10(18)2/h4-8,10H,1-3H3/t10-/m1/s1. The lowest BCUT2D eigenvalue weighted by molar-refractivity contribution is -0.137. The molecule has 0 amide bonds. The Labute approximate surface area is 104 Å². The van der Waals surface area contributed by atoms with Gasteiger partial charge in [0.25, 0.3) is 0 Å². The van der Waals surface area contributed by atoms with Crippen LogP contribution in [0.25, 0.3) is 0 Å². The van der Waals surface area contributed by atoms with Gasteiger partial charge in [-0.3, -0.25) is 0 Å². The second-order valence-corrected chi connectivity index (χ2v) is 4.47. The van der Waals surface area contributed by atoms with Crippen molar-refractivity contribution < 1.29 is 13.2 Å². The molecule has 0 aromatic heterocycles. The quantitative estimate of drug-likeness (QED) is 0.757. The topological polar surface area (TPSA) is 6.48 Å². The maximum atomic E-state index is 13.0. The molecule has 98 valence electrons. The van der Waals surface area contributed by atoms with E-state index < -0.39 is 11.7 Å². The largest absolute Gasteiger partial charge is 0.418 e. The smallest absolute Gasteiger partial charge is 0.359 e. The number of halogens is 3. The molecule has 0 spiro atoms. The predicted molar refractivity (Wildman–Crippen MR) is 65.0 cm³/mol. The number of hydrogen-bond acceptors (Lipinski definition) is 2. The number of alkyl halides is 3. The molecule has 2 nitrogen and oxygen atoms in total. The van der Waals surface area contributed by atoms with Gasteiger partial charge in [0.15, 0.2) is 0 Å². The predicted octanol–water partition coefficient (Wildman–Crippen LogP) is 3.58. The monoisotopic (exact) mass is 256 g/mol. The van der Waals surface area contributed by atoms with Gasteiger partial charge in [-0.2, -0.15) is 13.2 Å². The minimum absolute atomic E-state index is 0.118. The Kier molecular flexibility index (Phi) is 3.00. The average Bonchev–Trinajstić information content (AvgIpc) is 2.59.